The molecule has 2 aliphatic rings. The molecule has 2 fully saturated rings. The predicted octanol–water partition coefficient (Wildman–Crippen LogP) is 3.83. The average Bonchev–Trinajstić information content (AvgIpc) is 3.30. The summed E-state index contributed by atoms with van der Waals surface area (Å²) in [5.41, 5.74) is 3.98. The molecule has 5 rings (SSSR count). The molecule has 2 aromatic heterocycles. The Morgan fingerprint density at radius 1 is 1.05 bits per heavy atom. The van der Waals surface area contributed by atoms with Crippen molar-refractivity contribution in [3.63, 3.8) is 0 Å². The maximum absolute atomic E-state index is 13.3. The van der Waals surface area contributed by atoms with Crippen LogP contribution in [0.3, 0.4) is 0 Å². The van der Waals surface area contributed by atoms with E-state index in [1.165, 1.54) is 6.07 Å². The molecule has 204 valence electrons. The number of nitrogens with one attached hydrogen (secondary N) is 1. The monoisotopic (exact) mass is 530 g/mol. The third-order valence-corrected chi connectivity index (χ3v) is 7.74. The molecular weight excluding hydrogens is 497 g/mol. The number of carbonyl (C=O) groups excluding carboxylic acids is 1. The quantitative estimate of drug-likeness (QED) is 0.463. The van der Waals surface area contributed by atoms with Crippen molar-refractivity contribution >= 4 is 16.8 Å². The first kappa shape index (κ1) is 26.6. The van der Waals surface area contributed by atoms with Crippen molar-refractivity contribution in [1.29, 1.82) is 0 Å². The van der Waals surface area contributed by atoms with Crippen LogP contribution < -0.4 is 11.1 Å². The molecule has 3 aromatic rings. The number of primary amides is 1. The van der Waals surface area contributed by atoms with E-state index in [2.05, 4.69) is 15.2 Å². The zero-order valence-electron chi connectivity index (χ0n) is 21.6. The van der Waals surface area contributed by atoms with Crippen LogP contribution in [0.25, 0.3) is 22.0 Å². The zero-order valence-corrected chi connectivity index (χ0v) is 21.6. The van der Waals surface area contributed by atoms with Crippen molar-refractivity contribution in [1.82, 2.24) is 25.0 Å². The largest absolute Gasteiger partial charge is 0.433 e. The first-order valence-corrected chi connectivity index (χ1v) is 13.0. The molecule has 0 unspecified atom stereocenters. The molecule has 3 heterocycles. The lowest BCUT2D eigenvalue weighted by atomic mass is 9.87. The van der Waals surface area contributed by atoms with Crippen molar-refractivity contribution in [2.24, 2.45) is 5.73 Å². The third-order valence-electron chi connectivity index (χ3n) is 7.74. The van der Waals surface area contributed by atoms with E-state index in [-0.39, 0.29) is 11.6 Å². The molecule has 0 spiro atoms. The zero-order chi connectivity index (χ0) is 27.2. The van der Waals surface area contributed by atoms with E-state index in [0.717, 1.165) is 63.3 Å². The number of nitrogens with zero attached hydrogens (tertiary/aromatic N) is 4. The molecule has 1 aliphatic carbocycles. The molecule has 1 aliphatic heterocycles. The number of aliphatic hydroxyl groups is 1. The van der Waals surface area contributed by atoms with Gasteiger partial charge in [0.2, 0.25) is 0 Å². The van der Waals surface area contributed by atoms with Gasteiger partial charge in [-0.1, -0.05) is 0 Å². The Bertz CT molecular complexity index is 1330. The summed E-state index contributed by atoms with van der Waals surface area (Å²) in [6, 6.07) is 6.32. The second kappa shape index (κ2) is 9.94. The van der Waals surface area contributed by atoms with E-state index in [1.807, 2.05) is 10.9 Å². The number of aromatic nitrogens is 3. The number of pyridine rings is 1. The topological polar surface area (TPSA) is 109 Å². The van der Waals surface area contributed by atoms with Crippen LogP contribution >= 0.6 is 0 Å². The molecule has 38 heavy (non-hydrogen) atoms. The summed E-state index contributed by atoms with van der Waals surface area (Å²) < 4.78 is 41.8. The van der Waals surface area contributed by atoms with Gasteiger partial charge in [-0.15, -0.1) is 0 Å². The van der Waals surface area contributed by atoms with Crippen LogP contribution in [0.4, 0.5) is 13.2 Å². The fraction of sp³-hybridized carbons (Fsp3) is 0.519. The number of halogens is 3. The predicted molar refractivity (Wildman–Crippen MR) is 137 cm³/mol. The molecule has 1 amide bonds. The van der Waals surface area contributed by atoms with Crippen molar-refractivity contribution in [2.75, 3.05) is 26.2 Å². The van der Waals surface area contributed by atoms with Gasteiger partial charge in [-0.05, 0) is 74.9 Å². The number of hydrogen-bond donors (Lipinski definition) is 3. The van der Waals surface area contributed by atoms with Gasteiger partial charge in [0.15, 0.2) is 0 Å². The number of benzene rings is 1. The molecule has 11 heteroatoms. The van der Waals surface area contributed by atoms with Crippen LogP contribution in [0.5, 0.6) is 0 Å². The molecule has 4 N–H and O–H groups in total. The molecular formula is C27H33F3N6O2. The van der Waals surface area contributed by atoms with Gasteiger partial charge in [-0.25, -0.2) is 4.98 Å². The lowest BCUT2D eigenvalue weighted by Gasteiger charge is -2.39. The second-order valence-electron chi connectivity index (χ2n) is 10.8. The Kier molecular flexibility index (Phi) is 6.95. The van der Waals surface area contributed by atoms with E-state index in [4.69, 9.17) is 10.8 Å². The number of piperazine rings is 1. The van der Waals surface area contributed by atoms with Crippen LogP contribution in [0, 0.1) is 0 Å². The highest BCUT2D eigenvalue weighted by Gasteiger charge is 2.35. The minimum Gasteiger partial charge on any atom is -0.386 e. The first-order chi connectivity index (χ1) is 17.9. The van der Waals surface area contributed by atoms with Crippen LogP contribution in [0.2, 0.25) is 0 Å². The van der Waals surface area contributed by atoms with Crippen molar-refractivity contribution < 1.29 is 23.1 Å². The van der Waals surface area contributed by atoms with Crippen molar-refractivity contribution in [2.45, 2.75) is 63.4 Å². The van der Waals surface area contributed by atoms with Crippen LogP contribution in [0.1, 0.15) is 67.3 Å². The summed E-state index contributed by atoms with van der Waals surface area (Å²) in [5, 5.41) is 19.9. The second-order valence-corrected chi connectivity index (χ2v) is 10.8. The van der Waals surface area contributed by atoms with Crippen LogP contribution in [0.15, 0.2) is 30.5 Å². The van der Waals surface area contributed by atoms with Gasteiger partial charge in [-0.2, -0.15) is 18.3 Å². The Labute approximate surface area is 219 Å². The molecule has 0 radical (unpaired) electrons. The summed E-state index contributed by atoms with van der Waals surface area (Å²) in [6.07, 6.45) is 1.41. The summed E-state index contributed by atoms with van der Waals surface area (Å²) in [6.45, 7) is 7.37. The van der Waals surface area contributed by atoms with E-state index in [9.17, 15) is 23.1 Å². The maximum Gasteiger partial charge on any atom is 0.433 e. The molecule has 1 saturated carbocycles. The van der Waals surface area contributed by atoms with Gasteiger partial charge >= 0.3 is 6.18 Å². The minimum absolute atomic E-state index is 0.133. The molecule has 1 saturated heterocycles. The van der Waals surface area contributed by atoms with Gasteiger partial charge in [0.25, 0.3) is 5.91 Å². The fourth-order valence-corrected chi connectivity index (χ4v) is 5.76. The number of alkyl halides is 3. The van der Waals surface area contributed by atoms with Crippen molar-refractivity contribution in [3.05, 3.63) is 47.4 Å². The van der Waals surface area contributed by atoms with Gasteiger partial charge < -0.3 is 16.2 Å². The SMILES string of the molecule is CC(C)(O)c1cc2nn(C3CCC(N4CCNCC4)CC3)cc2cc1-c1ccc(C(F)(F)F)nc1C(N)=O. The number of amides is 1. The fourth-order valence-electron chi connectivity index (χ4n) is 5.76. The number of rotatable bonds is 5. The van der Waals surface area contributed by atoms with Gasteiger partial charge in [0, 0.05) is 49.4 Å². The molecule has 1 aromatic carbocycles. The van der Waals surface area contributed by atoms with E-state index < -0.39 is 29.1 Å². The number of hydrogen-bond acceptors (Lipinski definition) is 6. The Hall–Kier alpha value is -3.02. The number of fused-ring (bicyclic) bond motifs is 1. The van der Waals surface area contributed by atoms with E-state index in [1.54, 1.807) is 26.0 Å². The number of carbonyl (C=O) groups is 1. The smallest absolute Gasteiger partial charge is 0.386 e. The first-order valence-electron chi connectivity index (χ1n) is 13.0. The lowest BCUT2D eigenvalue weighted by Crippen LogP contribution is -2.49. The Morgan fingerprint density at radius 2 is 1.71 bits per heavy atom. The molecule has 8 nitrogen and oxygen atoms in total. The van der Waals surface area contributed by atoms with Gasteiger partial charge in [0.05, 0.1) is 17.2 Å². The normalized spacial score (nSPS) is 21.6. The Morgan fingerprint density at radius 3 is 2.32 bits per heavy atom. The van der Waals surface area contributed by atoms with Crippen LogP contribution in [-0.2, 0) is 11.8 Å². The average molecular weight is 531 g/mol. The van der Waals surface area contributed by atoms with Crippen LogP contribution in [-0.4, -0.2) is 62.9 Å². The molecule has 0 atom stereocenters. The maximum atomic E-state index is 13.3. The highest BCUT2D eigenvalue weighted by atomic mass is 19.4. The third kappa shape index (κ3) is 5.27. The summed E-state index contributed by atoms with van der Waals surface area (Å²) >= 11 is 0. The summed E-state index contributed by atoms with van der Waals surface area (Å²) in [4.78, 5) is 18.3. The van der Waals surface area contributed by atoms with Crippen molar-refractivity contribution in [3.8, 4) is 11.1 Å². The van der Waals surface area contributed by atoms with E-state index >= 15 is 0 Å². The van der Waals surface area contributed by atoms with E-state index in [0.29, 0.717) is 22.7 Å². The molecule has 0 bridgehead atoms. The standard InChI is InChI=1S/C27H33F3N6O2/c1-26(2,38)21-14-22-16(13-20(21)19-7-8-23(27(28,29)30)33-24(19)25(31)37)15-36(34-22)18-5-3-17(4-6-18)35-11-9-32-10-12-35/h7-8,13-15,17-18,32,38H,3-6,9-12H2,1-2H3,(H2,31,37). The van der Waals surface area contributed by atoms with Gasteiger partial charge in [0.1, 0.15) is 11.4 Å². The lowest BCUT2D eigenvalue weighted by molar-refractivity contribution is -0.141. The summed E-state index contributed by atoms with van der Waals surface area (Å²) in [5.74, 6) is -1.08. The highest BCUT2D eigenvalue weighted by Crippen LogP contribution is 2.39. The number of nitrogens with two attached hydrogens (primary N) is 1. The highest BCUT2D eigenvalue weighted by molar-refractivity contribution is 6.00. The minimum atomic E-state index is -4.73. The Balaban J connectivity index is 1.50. The summed E-state index contributed by atoms with van der Waals surface area (Å²) in [7, 11) is 0. The van der Waals surface area contributed by atoms with Gasteiger partial charge in [-0.3, -0.25) is 14.4 Å².